The van der Waals surface area contributed by atoms with Gasteiger partial charge in [-0.1, -0.05) is 30.3 Å². The molecule has 0 aliphatic carbocycles. The van der Waals surface area contributed by atoms with Gasteiger partial charge in [-0.15, -0.1) is 0 Å². The summed E-state index contributed by atoms with van der Waals surface area (Å²) in [7, 11) is 0. The van der Waals surface area contributed by atoms with Crippen molar-refractivity contribution in [2.24, 2.45) is 0 Å². The van der Waals surface area contributed by atoms with Crippen LogP contribution in [0.5, 0.6) is 11.6 Å². The molecule has 154 valence electrons. The smallest absolute Gasteiger partial charge is 0.234 e. The molecule has 6 nitrogen and oxygen atoms in total. The molecule has 30 heavy (non-hydrogen) atoms. The molecule has 4 rings (SSSR count). The minimum atomic E-state index is -0.266. The Kier molecular flexibility index (Phi) is 6.34. The molecule has 1 aliphatic heterocycles. The molecule has 3 aromatic rings. The highest BCUT2D eigenvalue weighted by Gasteiger charge is 2.17. The number of benzene rings is 2. The van der Waals surface area contributed by atoms with Crippen molar-refractivity contribution in [2.75, 3.05) is 23.3 Å². The second kappa shape index (κ2) is 9.49. The van der Waals surface area contributed by atoms with Crippen LogP contribution in [0.25, 0.3) is 0 Å². The third-order valence-corrected chi connectivity index (χ3v) is 4.92. The van der Waals surface area contributed by atoms with Gasteiger partial charge in [0.1, 0.15) is 17.4 Å². The lowest BCUT2D eigenvalue weighted by molar-refractivity contribution is 0.462. The maximum absolute atomic E-state index is 13.0. The Morgan fingerprint density at radius 2 is 1.77 bits per heavy atom. The summed E-state index contributed by atoms with van der Waals surface area (Å²) in [6.45, 7) is 2.37. The van der Waals surface area contributed by atoms with Crippen LogP contribution < -0.4 is 20.3 Å². The van der Waals surface area contributed by atoms with Gasteiger partial charge in [-0.05, 0) is 54.9 Å². The largest absolute Gasteiger partial charge is 0.439 e. The van der Waals surface area contributed by atoms with Crippen LogP contribution in [0.4, 0.5) is 16.2 Å². The number of nitrogens with zero attached hydrogens (tertiary/aromatic N) is 3. The zero-order valence-electron chi connectivity index (χ0n) is 16.3. The van der Waals surface area contributed by atoms with Gasteiger partial charge in [0.2, 0.25) is 11.8 Å². The fourth-order valence-electron chi connectivity index (χ4n) is 3.17. The summed E-state index contributed by atoms with van der Waals surface area (Å²) >= 11 is 5.38. The van der Waals surface area contributed by atoms with Crippen molar-refractivity contribution in [3.8, 4) is 11.6 Å². The Balaban J connectivity index is 1.47. The van der Waals surface area contributed by atoms with Gasteiger partial charge < -0.3 is 20.3 Å². The maximum Gasteiger partial charge on any atom is 0.234 e. The van der Waals surface area contributed by atoms with Crippen LogP contribution in [0.3, 0.4) is 0 Å². The minimum absolute atomic E-state index is 0.266. The fourth-order valence-corrected chi connectivity index (χ4v) is 3.33. The lowest BCUT2D eigenvalue weighted by atomic mass is 10.2. The Hall–Kier alpha value is -3.26. The second-order valence-corrected chi connectivity index (χ2v) is 7.34. The number of nitrogens with one attached hydrogen (secondary N) is 2. The van der Waals surface area contributed by atoms with Gasteiger partial charge in [-0.3, -0.25) is 0 Å². The van der Waals surface area contributed by atoms with E-state index in [1.807, 2.05) is 36.4 Å². The molecule has 0 saturated carbocycles. The van der Waals surface area contributed by atoms with Crippen molar-refractivity contribution in [2.45, 2.75) is 19.4 Å². The van der Waals surface area contributed by atoms with Gasteiger partial charge in [-0.2, -0.15) is 9.97 Å². The molecule has 1 aliphatic rings. The van der Waals surface area contributed by atoms with Crippen LogP contribution in [-0.4, -0.2) is 28.2 Å². The van der Waals surface area contributed by atoms with E-state index in [0.29, 0.717) is 29.2 Å². The number of anilines is 2. The van der Waals surface area contributed by atoms with Crippen molar-refractivity contribution >= 4 is 29.1 Å². The molecule has 2 heterocycles. The summed E-state index contributed by atoms with van der Waals surface area (Å²) in [6.07, 6.45) is 2.28. The summed E-state index contributed by atoms with van der Waals surface area (Å²) in [5, 5.41) is 6.50. The Labute approximate surface area is 180 Å². The zero-order chi connectivity index (χ0) is 20.8. The average Bonchev–Trinajstić information content (AvgIpc) is 3.29. The normalized spacial score (nSPS) is 13.2. The molecular weight excluding hydrogens is 401 g/mol. The lowest BCUT2D eigenvalue weighted by Gasteiger charge is -2.18. The molecule has 0 unspecified atom stereocenters. The topological polar surface area (TPSA) is 62.3 Å². The zero-order valence-corrected chi connectivity index (χ0v) is 17.2. The highest BCUT2D eigenvalue weighted by atomic mass is 32.1. The third kappa shape index (κ3) is 5.42. The first-order valence-electron chi connectivity index (χ1n) is 9.82. The molecular formula is C22H22FN5OS. The van der Waals surface area contributed by atoms with Crippen LogP contribution in [0.15, 0.2) is 60.7 Å². The number of hydrogen-bond acceptors (Lipinski definition) is 5. The van der Waals surface area contributed by atoms with Gasteiger partial charge >= 0.3 is 0 Å². The average molecular weight is 424 g/mol. The molecule has 2 N–H and O–H groups in total. The minimum Gasteiger partial charge on any atom is -0.439 e. The summed E-state index contributed by atoms with van der Waals surface area (Å²) < 4.78 is 19.0. The van der Waals surface area contributed by atoms with Crippen LogP contribution in [0.2, 0.25) is 0 Å². The van der Waals surface area contributed by atoms with Crippen LogP contribution in [-0.2, 0) is 6.54 Å². The monoisotopic (exact) mass is 423 g/mol. The quantitative estimate of drug-likeness (QED) is 0.566. The van der Waals surface area contributed by atoms with Crippen molar-refractivity contribution in [3.05, 3.63) is 72.0 Å². The molecule has 0 radical (unpaired) electrons. The number of para-hydroxylation sites is 1. The molecule has 2 aromatic carbocycles. The fraction of sp³-hybridized carbons (Fsp3) is 0.227. The van der Waals surface area contributed by atoms with E-state index in [0.717, 1.165) is 37.3 Å². The standard InChI is InChI=1S/C22H22FN5OS/c23-17-10-8-16(9-11-17)15-24-22(30)27-21-25-19(28-12-4-5-13-28)14-20(26-21)29-18-6-2-1-3-7-18/h1-3,6-11,14H,4-5,12-13,15H2,(H2,24,25,26,27,30). The molecule has 0 spiro atoms. The summed E-state index contributed by atoms with van der Waals surface area (Å²) in [6, 6.07) is 17.6. The van der Waals surface area contributed by atoms with E-state index < -0.39 is 0 Å². The van der Waals surface area contributed by atoms with Gasteiger partial charge in [0.15, 0.2) is 5.11 Å². The van der Waals surface area contributed by atoms with E-state index in [4.69, 9.17) is 17.0 Å². The number of halogens is 1. The van der Waals surface area contributed by atoms with Crippen molar-refractivity contribution in [3.63, 3.8) is 0 Å². The number of hydrogen-bond donors (Lipinski definition) is 2. The number of thiocarbonyl (C=S) groups is 1. The molecule has 0 atom stereocenters. The van der Waals surface area contributed by atoms with Crippen molar-refractivity contribution < 1.29 is 9.13 Å². The molecule has 0 amide bonds. The van der Waals surface area contributed by atoms with Crippen LogP contribution in [0, 0.1) is 5.82 Å². The van der Waals surface area contributed by atoms with E-state index in [1.54, 1.807) is 12.1 Å². The van der Waals surface area contributed by atoms with Gasteiger partial charge in [-0.25, -0.2) is 4.39 Å². The number of aromatic nitrogens is 2. The first kappa shape index (κ1) is 20.0. The molecule has 0 bridgehead atoms. The van der Waals surface area contributed by atoms with Gasteiger partial charge in [0.05, 0.1) is 0 Å². The van der Waals surface area contributed by atoms with E-state index in [9.17, 15) is 4.39 Å². The highest BCUT2D eigenvalue weighted by molar-refractivity contribution is 7.80. The van der Waals surface area contributed by atoms with E-state index in [1.165, 1.54) is 12.1 Å². The summed E-state index contributed by atoms with van der Waals surface area (Å²) in [5.41, 5.74) is 0.917. The summed E-state index contributed by atoms with van der Waals surface area (Å²) in [5.74, 6) is 2.05. The molecule has 1 saturated heterocycles. The Morgan fingerprint density at radius 3 is 2.50 bits per heavy atom. The third-order valence-electron chi connectivity index (χ3n) is 4.68. The second-order valence-electron chi connectivity index (χ2n) is 6.93. The van der Waals surface area contributed by atoms with Crippen molar-refractivity contribution in [1.82, 2.24) is 15.3 Å². The number of ether oxygens (including phenoxy) is 1. The summed E-state index contributed by atoms with van der Waals surface area (Å²) in [4.78, 5) is 11.3. The predicted molar refractivity (Wildman–Crippen MR) is 119 cm³/mol. The van der Waals surface area contributed by atoms with Gasteiger partial charge in [0.25, 0.3) is 0 Å². The molecule has 1 fully saturated rings. The predicted octanol–water partition coefficient (Wildman–Crippen LogP) is 4.49. The van der Waals surface area contributed by atoms with E-state index in [-0.39, 0.29) is 5.82 Å². The van der Waals surface area contributed by atoms with Gasteiger partial charge in [0, 0.05) is 25.7 Å². The van der Waals surface area contributed by atoms with E-state index in [2.05, 4.69) is 25.5 Å². The van der Waals surface area contributed by atoms with Crippen LogP contribution in [0.1, 0.15) is 18.4 Å². The molecule has 8 heteroatoms. The van der Waals surface area contributed by atoms with Crippen molar-refractivity contribution in [1.29, 1.82) is 0 Å². The number of rotatable bonds is 6. The Morgan fingerprint density at radius 1 is 1.03 bits per heavy atom. The van der Waals surface area contributed by atoms with E-state index >= 15 is 0 Å². The lowest BCUT2D eigenvalue weighted by Crippen LogP contribution is -2.29. The first-order valence-corrected chi connectivity index (χ1v) is 10.2. The Bertz CT molecular complexity index is 994. The van der Waals surface area contributed by atoms with Crippen LogP contribution >= 0.6 is 12.2 Å². The molecule has 1 aromatic heterocycles. The maximum atomic E-state index is 13.0. The SMILES string of the molecule is Fc1ccc(CNC(=S)Nc2nc(Oc3ccccc3)cc(N3CCCC3)n2)cc1. The highest BCUT2D eigenvalue weighted by Crippen LogP contribution is 2.26. The first-order chi connectivity index (χ1) is 14.7.